The predicted octanol–water partition coefficient (Wildman–Crippen LogP) is 5.16. The van der Waals surface area contributed by atoms with E-state index in [-0.39, 0.29) is 17.7 Å². The molecule has 0 fully saturated rings. The molecule has 0 spiro atoms. The summed E-state index contributed by atoms with van der Waals surface area (Å²) < 4.78 is 2.23. The molecule has 24 heavy (non-hydrogen) atoms. The molecule has 2 aromatic carbocycles. The fraction of sp³-hybridized carbons (Fsp3) is 0.190. The molecule has 3 rings (SSSR count). The van der Waals surface area contributed by atoms with Crippen LogP contribution in [0.25, 0.3) is 0 Å². The smallest absolute Gasteiger partial charge is 0.179 e. The number of Topliss-reactive ketones (excluding diaryl/α,β-unsaturated/α-hetero) is 1. The van der Waals surface area contributed by atoms with E-state index >= 15 is 0 Å². The maximum absolute atomic E-state index is 12.2. The fourth-order valence-electron chi connectivity index (χ4n) is 3.29. The lowest BCUT2D eigenvalue weighted by molar-refractivity contribution is 0.102. The van der Waals surface area contributed by atoms with E-state index in [0.717, 1.165) is 11.4 Å². The molecule has 122 valence electrons. The van der Waals surface area contributed by atoms with Crippen molar-refractivity contribution in [1.29, 1.82) is 0 Å². The van der Waals surface area contributed by atoms with Gasteiger partial charge in [-0.15, -0.1) is 11.6 Å². The van der Waals surface area contributed by atoms with Crippen molar-refractivity contribution in [2.75, 3.05) is 5.88 Å². The van der Waals surface area contributed by atoms with Crippen LogP contribution in [0.2, 0.25) is 0 Å². The third-order valence-electron chi connectivity index (χ3n) is 4.39. The Hall–Kier alpha value is -2.32. The molecule has 0 bridgehead atoms. The topological polar surface area (TPSA) is 22.0 Å². The maximum atomic E-state index is 12.2. The number of ketones is 1. The van der Waals surface area contributed by atoms with Gasteiger partial charge in [-0.2, -0.15) is 0 Å². The first-order chi connectivity index (χ1) is 11.6. The third-order valence-corrected chi connectivity index (χ3v) is 4.64. The van der Waals surface area contributed by atoms with Crippen molar-refractivity contribution in [3.63, 3.8) is 0 Å². The molecule has 1 aromatic heterocycles. The van der Waals surface area contributed by atoms with Crippen molar-refractivity contribution in [2.24, 2.45) is 0 Å². The van der Waals surface area contributed by atoms with Crippen LogP contribution in [0, 0.1) is 13.8 Å². The fourth-order valence-corrected chi connectivity index (χ4v) is 3.43. The Morgan fingerprint density at radius 2 is 1.46 bits per heavy atom. The largest absolute Gasteiger partial charge is 0.337 e. The average Bonchev–Trinajstić information content (AvgIpc) is 2.92. The van der Waals surface area contributed by atoms with Gasteiger partial charge in [0.1, 0.15) is 0 Å². The van der Waals surface area contributed by atoms with Gasteiger partial charge in [0.05, 0.1) is 11.9 Å². The Kier molecular flexibility index (Phi) is 4.86. The molecule has 3 aromatic rings. The van der Waals surface area contributed by atoms with Gasteiger partial charge in [-0.1, -0.05) is 60.7 Å². The highest BCUT2D eigenvalue weighted by Gasteiger charge is 2.23. The van der Waals surface area contributed by atoms with E-state index in [1.54, 1.807) is 0 Å². The van der Waals surface area contributed by atoms with E-state index in [1.165, 1.54) is 11.1 Å². The second-order valence-electron chi connectivity index (χ2n) is 5.94. The Balaban J connectivity index is 2.21. The quantitative estimate of drug-likeness (QED) is 0.465. The van der Waals surface area contributed by atoms with Crippen LogP contribution in [0.3, 0.4) is 0 Å². The molecule has 0 amide bonds. The van der Waals surface area contributed by atoms with Gasteiger partial charge < -0.3 is 4.57 Å². The minimum absolute atomic E-state index is 0.00559. The Morgan fingerprint density at radius 1 is 0.958 bits per heavy atom. The highest BCUT2D eigenvalue weighted by atomic mass is 35.5. The summed E-state index contributed by atoms with van der Waals surface area (Å²) in [5, 5.41) is 0. The van der Waals surface area contributed by atoms with Gasteiger partial charge in [0, 0.05) is 17.0 Å². The molecule has 0 aliphatic rings. The second kappa shape index (κ2) is 7.06. The van der Waals surface area contributed by atoms with Crippen LogP contribution in [0.15, 0.2) is 66.7 Å². The van der Waals surface area contributed by atoms with Crippen molar-refractivity contribution in [2.45, 2.75) is 19.9 Å². The zero-order valence-corrected chi connectivity index (χ0v) is 14.6. The lowest BCUT2D eigenvalue weighted by Gasteiger charge is -2.24. The second-order valence-corrected chi connectivity index (χ2v) is 6.20. The molecule has 0 atom stereocenters. The van der Waals surface area contributed by atoms with E-state index in [0.29, 0.717) is 5.56 Å². The van der Waals surface area contributed by atoms with Crippen LogP contribution in [0.1, 0.15) is 38.9 Å². The van der Waals surface area contributed by atoms with E-state index in [9.17, 15) is 4.79 Å². The highest BCUT2D eigenvalue weighted by molar-refractivity contribution is 6.30. The zero-order valence-electron chi connectivity index (χ0n) is 13.9. The summed E-state index contributed by atoms with van der Waals surface area (Å²) in [6, 6.07) is 22.7. The number of aromatic nitrogens is 1. The summed E-state index contributed by atoms with van der Waals surface area (Å²) in [4.78, 5) is 12.2. The monoisotopic (exact) mass is 337 g/mol. The summed E-state index contributed by atoms with van der Waals surface area (Å²) >= 11 is 5.77. The minimum Gasteiger partial charge on any atom is -0.337 e. The molecule has 0 aliphatic heterocycles. The van der Waals surface area contributed by atoms with Gasteiger partial charge in [-0.25, -0.2) is 0 Å². The molecular formula is C21H20ClNO. The number of benzene rings is 2. The number of nitrogens with zero attached hydrogens (tertiary/aromatic N) is 1. The van der Waals surface area contributed by atoms with Crippen LogP contribution in [0.4, 0.5) is 0 Å². The molecule has 3 heteroatoms. The summed E-state index contributed by atoms with van der Waals surface area (Å²) in [5.74, 6) is -0.0260. The van der Waals surface area contributed by atoms with Crippen molar-refractivity contribution < 1.29 is 4.79 Å². The number of carbonyl (C=O) groups excluding carboxylic acids is 1. The number of hydrogen-bond acceptors (Lipinski definition) is 1. The SMILES string of the molecule is Cc1cc(C(=O)CCl)c(C)n1C(c1ccccc1)c1ccccc1. The van der Waals surface area contributed by atoms with Gasteiger partial charge in [0.25, 0.3) is 0 Å². The van der Waals surface area contributed by atoms with Crippen molar-refractivity contribution in [1.82, 2.24) is 4.57 Å². The standard InChI is InChI=1S/C21H20ClNO/c1-15-13-19(20(24)14-22)16(2)23(15)21(17-9-5-3-6-10-17)18-11-7-4-8-12-18/h3-13,21H,14H2,1-2H3. The molecular weight excluding hydrogens is 318 g/mol. The lowest BCUT2D eigenvalue weighted by atomic mass is 9.98. The Morgan fingerprint density at radius 3 is 1.92 bits per heavy atom. The number of carbonyl (C=O) groups is 1. The predicted molar refractivity (Wildman–Crippen MR) is 99.1 cm³/mol. The molecule has 0 unspecified atom stereocenters. The maximum Gasteiger partial charge on any atom is 0.179 e. The normalized spacial score (nSPS) is 11.0. The number of rotatable bonds is 5. The lowest BCUT2D eigenvalue weighted by Crippen LogP contribution is -2.16. The third kappa shape index (κ3) is 3.02. The summed E-state index contributed by atoms with van der Waals surface area (Å²) in [6.07, 6.45) is 0. The number of alkyl halides is 1. The van der Waals surface area contributed by atoms with E-state index in [2.05, 4.69) is 28.8 Å². The zero-order chi connectivity index (χ0) is 17.1. The number of halogens is 1. The van der Waals surface area contributed by atoms with Crippen molar-refractivity contribution >= 4 is 17.4 Å². The summed E-state index contributed by atoms with van der Waals surface area (Å²) in [7, 11) is 0. The van der Waals surface area contributed by atoms with Gasteiger partial charge in [0.15, 0.2) is 5.78 Å². The van der Waals surface area contributed by atoms with E-state index < -0.39 is 0 Å². The Bertz CT molecular complexity index is 798. The molecule has 0 radical (unpaired) electrons. The highest BCUT2D eigenvalue weighted by Crippen LogP contribution is 2.31. The summed E-state index contributed by atoms with van der Waals surface area (Å²) in [5.41, 5.74) is 5.10. The van der Waals surface area contributed by atoms with Crippen LogP contribution in [-0.4, -0.2) is 16.2 Å². The molecule has 2 nitrogen and oxygen atoms in total. The first kappa shape index (κ1) is 16.5. The van der Waals surface area contributed by atoms with Gasteiger partial charge >= 0.3 is 0 Å². The van der Waals surface area contributed by atoms with E-state index in [1.807, 2.05) is 56.3 Å². The minimum atomic E-state index is -0.0316. The first-order valence-electron chi connectivity index (χ1n) is 8.01. The van der Waals surface area contributed by atoms with E-state index in [4.69, 9.17) is 11.6 Å². The molecule has 0 aliphatic carbocycles. The molecule has 1 heterocycles. The molecule has 0 saturated carbocycles. The summed E-state index contributed by atoms with van der Waals surface area (Å²) in [6.45, 7) is 4.03. The van der Waals surface area contributed by atoms with Gasteiger partial charge in [0.2, 0.25) is 0 Å². The number of hydrogen-bond donors (Lipinski definition) is 0. The van der Waals surface area contributed by atoms with Crippen LogP contribution in [-0.2, 0) is 0 Å². The first-order valence-corrected chi connectivity index (χ1v) is 8.54. The van der Waals surface area contributed by atoms with Crippen molar-refractivity contribution in [3.05, 3.63) is 94.8 Å². The van der Waals surface area contributed by atoms with Gasteiger partial charge in [-0.05, 0) is 31.0 Å². The molecule has 0 N–H and O–H groups in total. The van der Waals surface area contributed by atoms with Gasteiger partial charge in [-0.3, -0.25) is 4.79 Å². The number of aryl methyl sites for hydroxylation is 1. The Labute approximate surface area is 147 Å². The van der Waals surface area contributed by atoms with Crippen LogP contribution < -0.4 is 0 Å². The van der Waals surface area contributed by atoms with Crippen molar-refractivity contribution in [3.8, 4) is 0 Å². The van der Waals surface area contributed by atoms with Crippen LogP contribution >= 0.6 is 11.6 Å². The average molecular weight is 338 g/mol. The van der Waals surface area contributed by atoms with Crippen LogP contribution in [0.5, 0.6) is 0 Å². The molecule has 0 saturated heterocycles.